The first-order valence-corrected chi connectivity index (χ1v) is 7.52. The molecule has 7 nitrogen and oxygen atoms in total. The topological polar surface area (TPSA) is 83.2 Å². The summed E-state index contributed by atoms with van der Waals surface area (Å²) in [5, 5.41) is 3.25. The third kappa shape index (κ3) is 5.00. The fourth-order valence-corrected chi connectivity index (χ4v) is 2.19. The normalized spacial score (nSPS) is 17.6. The number of aromatic nitrogens is 3. The molecule has 0 amide bonds. The van der Waals surface area contributed by atoms with Gasteiger partial charge in [0.2, 0.25) is 17.8 Å². The Labute approximate surface area is 127 Å². The van der Waals surface area contributed by atoms with Crippen LogP contribution in [0.3, 0.4) is 0 Å². The summed E-state index contributed by atoms with van der Waals surface area (Å²) >= 11 is 0. The molecule has 3 N–H and O–H groups in total. The van der Waals surface area contributed by atoms with Crippen LogP contribution in [0.25, 0.3) is 0 Å². The number of nitrogens with one attached hydrogen (secondary N) is 1. The van der Waals surface area contributed by atoms with Crippen molar-refractivity contribution >= 4 is 17.8 Å². The van der Waals surface area contributed by atoms with Gasteiger partial charge in [-0.25, -0.2) is 0 Å². The molecule has 0 bridgehead atoms. The van der Waals surface area contributed by atoms with Crippen LogP contribution >= 0.6 is 0 Å². The molecule has 0 saturated carbocycles. The van der Waals surface area contributed by atoms with Gasteiger partial charge in [0.1, 0.15) is 0 Å². The molecule has 0 aliphatic carbocycles. The van der Waals surface area contributed by atoms with E-state index >= 15 is 0 Å². The molecule has 7 heteroatoms. The Morgan fingerprint density at radius 2 is 1.86 bits per heavy atom. The average Bonchev–Trinajstić information content (AvgIpc) is 2.60. The molecule has 0 radical (unpaired) electrons. The van der Waals surface area contributed by atoms with E-state index in [1.807, 2.05) is 0 Å². The van der Waals surface area contributed by atoms with Crippen LogP contribution in [-0.4, -0.2) is 59.6 Å². The first kappa shape index (κ1) is 15.8. The quantitative estimate of drug-likeness (QED) is 0.862. The van der Waals surface area contributed by atoms with Gasteiger partial charge in [0, 0.05) is 26.2 Å². The van der Waals surface area contributed by atoms with Crippen molar-refractivity contribution in [3.63, 3.8) is 0 Å². The number of nitrogen functional groups attached to an aromatic ring is 1. The maximum absolute atomic E-state index is 5.83. The van der Waals surface area contributed by atoms with Crippen LogP contribution in [-0.2, 0) is 0 Å². The molecule has 2 rings (SSSR count). The highest BCUT2D eigenvalue weighted by Gasteiger charge is 2.17. The number of hydrogen-bond donors (Lipinski definition) is 2. The standard InChI is InChI=1S/C14H27N7/c1-14(2,3)10-16-12-17-11(15)18-13(19-12)21-7-5-6-20(4)8-9-21/h5-10H2,1-4H3,(H3,15,16,17,18,19). The van der Waals surface area contributed by atoms with Gasteiger partial charge in [0.15, 0.2) is 0 Å². The summed E-state index contributed by atoms with van der Waals surface area (Å²) in [5.41, 5.74) is 5.99. The average molecular weight is 293 g/mol. The number of rotatable bonds is 3. The maximum atomic E-state index is 5.83. The maximum Gasteiger partial charge on any atom is 0.231 e. The molecule has 2 heterocycles. The fraction of sp³-hybridized carbons (Fsp3) is 0.786. The van der Waals surface area contributed by atoms with E-state index in [0.717, 1.165) is 39.1 Å². The Bertz CT molecular complexity index is 469. The summed E-state index contributed by atoms with van der Waals surface area (Å²) in [4.78, 5) is 17.5. The predicted octanol–water partition coefficient (Wildman–Crippen LogP) is 1.05. The molecule has 1 aromatic rings. The molecule has 0 unspecified atom stereocenters. The van der Waals surface area contributed by atoms with Gasteiger partial charge in [0.05, 0.1) is 0 Å². The third-order valence-electron chi connectivity index (χ3n) is 3.42. The van der Waals surface area contributed by atoms with E-state index in [-0.39, 0.29) is 11.4 Å². The molecule has 1 saturated heterocycles. The SMILES string of the molecule is CN1CCCN(c2nc(N)nc(NCC(C)(C)C)n2)CC1. The Morgan fingerprint density at radius 1 is 1.10 bits per heavy atom. The van der Waals surface area contributed by atoms with Gasteiger partial charge in [0.25, 0.3) is 0 Å². The minimum atomic E-state index is 0.160. The van der Waals surface area contributed by atoms with Crippen LogP contribution in [0.15, 0.2) is 0 Å². The Morgan fingerprint density at radius 3 is 2.57 bits per heavy atom. The summed E-state index contributed by atoms with van der Waals surface area (Å²) in [6.07, 6.45) is 1.10. The van der Waals surface area contributed by atoms with Crippen LogP contribution in [0.4, 0.5) is 17.8 Å². The zero-order chi connectivity index (χ0) is 15.5. The van der Waals surface area contributed by atoms with Crippen LogP contribution in [0.2, 0.25) is 0 Å². The zero-order valence-electron chi connectivity index (χ0n) is 13.6. The fourth-order valence-electron chi connectivity index (χ4n) is 2.19. The van der Waals surface area contributed by atoms with Crippen molar-refractivity contribution < 1.29 is 0 Å². The Kier molecular flexibility index (Phi) is 4.82. The largest absolute Gasteiger partial charge is 0.368 e. The van der Waals surface area contributed by atoms with Crippen LogP contribution < -0.4 is 16.0 Å². The van der Waals surface area contributed by atoms with Crippen LogP contribution in [0.5, 0.6) is 0 Å². The molecule has 0 atom stereocenters. The van der Waals surface area contributed by atoms with Crippen molar-refractivity contribution in [2.45, 2.75) is 27.2 Å². The highest BCUT2D eigenvalue weighted by molar-refractivity contribution is 5.42. The lowest BCUT2D eigenvalue weighted by Crippen LogP contribution is -2.31. The molecular weight excluding hydrogens is 266 g/mol. The zero-order valence-corrected chi connectivity index (χ0v) is 13.6. The van der Waals surface area contributed by atoms with Crippen LogP contribution in [0, 0.1) is 5.41 Å². The molecule has 1 aliphatic heterocycles. The number of anilines is 3. The van der Waals surface area contributed by atoms with Gasteiger partial charge in [-0.2, -0.15) is 15.0 Å². The lowest BCUT2D eigenvalue weighted by Gasteiger charge is -2.22. The second kappa shape index (κ2) is 6.43. The molecule has 0 spiro atoms. The van der Waals surface area contributed by atoms with Gasteiger partial charge in [-0.05, 0) is 25.4 Å². The second-order valence-electron chi connectivity index (χ2n) is 6.88. The van der Waals surface area contributed by atoms with Gasteiger partial charge in [-0.15, -0.1) is 0 Å². The molecule has 0 aromatic carbocycles. The molecule has 21 heavy (non-hydrogen) atoms. The third-order valence-corrected chi connectivity index (χ3v) is 3.42. The van der Waals surface area contributed by atoms with Gasteiger partial charge in [-0.3, -0.25) is 0 Å². The first-order valence-electron chi connectivity index (χ1n) is 7.52. The highest BCUT2D eigenvalue weighted by Crippen LogP contribution is 2.17. The summed E-state index contributed by atoms with van der Waals surface area (Å²) in [6.45, 7) is 11.3. The van der Waals surface area contributed by atoms with Crippen molar-refractivity contribution in [1.29, 1.82) is 0 Å². The molecule has 1 fully saturated rings. The van der Waals surface area contributed by atoms with Gasteiger partial charge < -0.3 is 20.9 Å². The van der Waals surface area contributed by atoms with E-state index in [1.165, 1.54) is 0 Å². The molecule has 1 aliphatic rings. The number of likely N-dealkylation sites (N-methyl/N-ethyl adjacent to an activating group) is 1. The lowest BCUT2D eigenvalue weighted by atomic mass is 9.97. The van der Waals surface area contributed by atoms with Gasteiger partial charge >= 0.3 is 0 Å². The second-order valence-corrected chi connectivity index (χ2v) is 6.88. The summed E-state index contributed by atoms with van der Waals surface area (Å²) in [5.74, 6) is 1.51. The smallest absolute Gasteiger partial charge is 0.231 e. The van der Waals surface area contributed by atoms with Crippen molar-refractivity contribution in [2.24, 2.45) is 5.41 Å². The summed E-state index contributed by atoms with van der Waals surface area (Å²) in [6, 6.07) is 0. The Hall–Kier alpha value is -1.63. The van der Waals surface area contributed by atoms with E-state index in [9.17, 15) is 0 Å². The van der Waals surface area contributed by atoms with E-state index in [0.29, 0.717) is 11.9 Å². The van der Waals surface area contributed by atoms with Crippen molar-refractivity contribution in [1.82, 2.24) is 19.9 Å². The molecule has 1 aromatic heterocycles. The van der Waals surface area contributed by atoms with Crippen molar-refractivity contribution in [3.8, 4) is 0 Å². The van der Waals surface area contributed by atoms with Gasteiger partial charge in [-0.1, -0.05) is 20.8 Å². The van der Waals surface area contributed by atoms with E-state index < -0.39 is 0 Å². The van der Waals surface area contributed by atoms with Crippen molar-refractivity contribution in [2.75, 3.05) is 55.7 Å². The molecule has 118 valence electrons. The Balaban J connectivity index is 2.10. The first-order chi connectivity index (χ1) is 9.83. The van der Waals surface area contributed by atoms with E-state index in [2.05, 4.69) is 57.9 Å². The van der Waals surface area contributed by atoms with E-state index in [1.54, 1.807) is 0 Å². The summed E-state index contributed by atoms with van der Waals surface area (Å²) in [7, 11) is 2.14. The number of nitrogens with two attached hydrogens (primary N) is 1. The molecular formula is C14H27N7. The van der Waals surface area contributed by atoms with E-state index in [4.69, 9.17) is 5.73 Å². The van der Waals surface area contributed by atoms with Crippen molar-refractivity contribution in [3.05, 3.63) is 0 Å². The monoisotopic (exact) mass is 293 g/mol. The number of nitrogens with zero attached hydrogens (tertiary/aromatic N) is 5. The van der Waals surface area contributed by atoms with Crippen LogP contribution in [0.1, 0.15) is 27.2 Å². The predicted molar refractivity (Wildman–Crippen MR) is 86.5 cm³/mol. The number of hydrogen-bond acceptors (Lipinski definition) is 7. The highest BCUT2D eigenvalue weighted by atomic mass is 15.3. The minimum Gasteiger partial charge on any atom is -0.368 e. The summed E-state index contributed by atoms with van der Waals surface area (Å²) < 4.78 is 0. The lowest BCUT2D eigenvalue weighted by molar-refractivity contribution is 0.360. The minimum absolute atomic E-state index is 0.160.